The maximum Gasteiger partial charge on any atom is 0.255 e. The molecular formula is C30H28N2O4S. The largest absolute Gasteiger partial charge is 0.392 e. The van der Waals surface area contributed by atoms with E-state index in [9.17, 15) is 9.90 Å². The number of carbonyl (C=O) groups is 1. The topological polar surface area (TPSA) is 80.7 Å². The van der Waals surface area contributed by atoms with E-state index in [0.29, 0.717) is 17.7 Å². The minimum absolute atomic E-state index is 0.00798. The van der Waals surface area contributed by atoms with Gasteiger partial charge in [0.05, 0.1) is 23.8 Å². The zero-order chi connectivity index (χ0) is 25.5. The van der Waals surface area contributed by atoms with E-state index >= 15 is 0 Å². The van der Waals surface area contributed by atoms with Crippen molar-refractivity contribution in [3.8, 4) is 0 Å². The monoisotopic (exact) mass is 512 g/mol. The lowest BCUT2D eigenvalue weighted by atomic mass is 10.0. The van der Waals surface area contributed by atoms with Gasteiger partial charge in [0.1, 0.15) is 0 Å². The summed E-state index contributed by atoms with van der Waals surface area (Å²) in [5, 5.41) is 13.3. The third-order valence-electron chi connectivity index (χ3n) is 6.15. The summed E-state index contributed by atoms with van der Waals surface area (Å²) < 4.78 is 12.8. The number of aliphatic hydroxyl groups is 1. The minimum Gasteiger partial charge on any atom is -0.392 e. The molecule has 0 saturated carbocycles. The van der Waals surface area contributed by atoms with Gasteiger partial charge in [-0.2, -0.15) is 0 Å². The number of nitrogens with zero attached hydrogens (tertiary/aromatic N) is 1. The second kappa shape index (κ2) is 12.2. The molecule has 0 aliphatic carbocycles. The van der Waals surface area contributed by atoms with Crippen molar-refractivity contribution < 1.29 is 19.4 Å². The van der Waals surface area contributed by atoms with Gasteiger partial charge in [0.25, 0.3) is 5.91 Å². The van der Waals surface area contributed by atoms with E-state index in [1.165, 1.54) is 0 Å². The van der Waals surface area contributed by atoms with Crippen LogP contribution in [-0.4, -0.2) is 27.9 Å². The van der Waals surface area contributed by atoms with Crippen LogP contribution in [0.5, 0.6) is 0 Å². The van der Waals surface area contributed by atoms with Crippen molar-refractivity contribution in [3.63, 3.8) is 0 Å². The van der Waals surface area contributed by atoms with Gasteiger partial charge in [0.2, 0.25) is 0 Å². The molecule has 1 fully saturated rings. The smallest absolute Gasteiger partial charge is 0.255 e. The van der Waals surface area contributed by atoms with Gasteiger partial charge in [-0.15, -0.1) is 11.8 Å². The van der Waals surface area contributed by atoms with Gasteiger partial charge in [-0.05, 0) is 47.5 Å². The van der Waals surface area contributed by atoms with E-state index in [1.807, 2.05) is 84.9 Å². The van der Waals surface area contributed by atoms with Crippen molar-refractivity contribution in [2.45, 2.75) is 36.6 Å². The highest BCUT2D eigenvalue weighted by molar-refractivity contribution is 7.99. The molecule has 1 aliphatic heterocycles. The highest BCUT2D eigenvalue weighted by Crippen LogP contribution is 2.39. The molecule has 2 N–H and O–H groups in total. The van der Waals surface area contributed by atoms with Crippen LogP contribution in [0, 0.1) is 0 Å². The molecular weight excluding hydrogens is 484 g/mol. The molecule has 1 aliphatic rings. The summed E-state index contributed by atoms with van der Waals surface area (Å²) >= 11 is 1.66. The number of rotatable bonds is 8. The van der Waals surface area contributed by atoms with Crippen LogP contribution >= 0.6 is 11.8 Å². The predicted molar refractivity (Wildman–Crippen MR) is 144 cm³/mol. The SMILES string of the molecule is O=C(Nc1ccc([C@H]2O[C@@H](CSc3ccccn3)C[C@@H](c3ccc(CO)cc3)O2)cc1)c1ccccc1. The van der Waals surface area contributed by atoms with Crippen LogP contribution in [0.4, 0.5) is 5.69 Å². The zero-order valence-electron chi connectivity index (χ0n) is 20.2. The first kappa shape index (κ1) is 25.2. The second-order valence-corrected chi connectivity index (χ2v) is 9.81. The van der Waals surface area contributed by atoms with E-state index < -0.39 is 6.29 Å². The summed E-state index contributed by atoms with van der Waals surface area (Å²) in [6.07, 6.45) is 1.74. The molecule has 37 heavy (non-hydrogen) atoms. The summed E-state index contributed by atoms with van der Waals surface area (Å²) in [5.41, 5.74) is 4.09. The average Bonchev–Trinajstić information content (AvgIpc) is 2.97. The molecule has 7 heteroatoms. The lowest BCUT2D eigenvalue weighted by molar-refractivity contribution is -0.245. The number of aliphatic hydroxyl groups excluding tert-OH is 1. The number of benzene rings is 3. The van der Waals surface area contributed by atoms with Crippen LogP contribution in [0.25, 0.3) is 0 Å². The van der Waals surface area contributed by atoms with Gasteiger partial charge < -0.3 is 19.9 Å². The standard InChI is InChI=1S/C30H28N2O4S/c33-19-21-9-11-22(12-10-21)27-18-26(20-37-28-8-4-5-17-31-28)35-30(36-27)24-13-15-25(16-14-24)32-29(34)23-6-2-1-3-7-23/h1-17,26-27,30,33H,18-20H2,(H,32,34)/t26-,27+,30+/m1/s1. The van der Waals surface area contributed by atoms with Gasteiger partial charge in [0, 0.05) is 35.2 Å². The predicted octanol–water partition coefficient (Wildman–Crippen LogP) is 6.16. The van der Waals surface area contributed by atoms with Crippen LogP contribution in [-0.2, 0) is 16.1 Å². The van der Waals surface area contributed by atoms with Crippen molar-refractivity contribution in [1.82, 2.24) is 4.98 Å². The number of hydrogen-bond acceptors (Lipinski definition) is 6. The number of pyridine rings is 1. The van der Waals surface area contributed by atoms with E-state index in [1.54, 1.807) is 30.1 Å². The molecule has 0 spiro atoms. The van der Waals surface area contributed by atoms with Gasteiger partial charge in [0.15, 0.2) is 6.29 Å². The van der Waals surface area contributed by atoms with Gasteiger partial charge >= 0.3 is 0 Å². The molecule has 3 atom stereocenters. The lowest BCUT2D eigenvalue weighted by Crippen LogP contribution is -2.31. The first-order chi connectivity index (χ1) is 18.2. The highest BCUT2D eigenvalue weighted by Gasteiger charge is 2.32. The van der Waals surface area contributed by atoms with Crippen molar-refractivity contribution in [2.75, 3.05) is 11.1 Å². The van der Waals surface area contributed by atoms with Crippen LogP contribution < -0.4 is 5.32 Å². The molecule has 3 aromatic carbocycles. The Morgan fingerprint density at radius 3 is 2.32 bits per heavy atom. The average molecular weight is 513 g/mol. The summed E-state index contributed by atoms with van der Waals surface area (Å²) in [7, 11) is 0. The summed E-state index contributed by atoms with van der Waals surface area (Å²) in [6, 6.07) is 30.4. The summed E-state index contributed by atoms with van der Waals surface area (Å²) in [4.78, 5) is 16.9. The third kappa shape index (κ3) is 6.64. The van der Waals surface area contributed by atoms with Gasteiger partial charge in [-0.25, -0.2) is 4.98 Å². The molecule has 5 rings (SSSR count). The number of hydrogen-bond donors (Lipinski definition) is 2. The Hall–Kier alpha value is -3.49. The Morgan fingerprint density at radius 2 is 1.62 bits per heavy atom. The molecule has 1 saturated heterocycles. The Morgan fingerprint density at radius 1 is 0.892 bits per heavy atom. The molecule has 6 nitrogen and oxygen atoms in total. The van der Waals surface area contributed by atoms with E-state index in [-0.39, 0.29) is 24.7 Å². The van der Waals surface area contributed by atoms with Crippen LogP contribution in [0.3, 0.4) is 0 Å². The van der Waals surface area contributed by atoms with Crippen molar-refractivity contribution >= 4 is 23.4 Å². The number of aromatic nitrogens is 1. The molecule has 188 valence electrons. The Bertz CT molecular complexity index is 1280. The molecule has 0 radical (unpaired) electrons. The van der Waals surface area contributed by atoms with Crippen molar-refractivity contribution in [2.24, 2.45) is 0 Å². The lowest BCUT2D eigenvalue weighted by Gasteiger charge is -2.36. The number of amides is 1. The minimum atomic E-state index is -0.551. The summed E-state index contributed by atoms with van der Waals surface area (Å²) in [5.74, 6) is 0.587. The van der Waals surface area contributed by atoms with E-state index in [0.717, 1.165) is 27.5 Å². The molecule has 1 amide bonds. The molecule has 2 heterocycles. The van der Waals surface area contributed by atoms with Crippen molar-refractivity contribution in [3.05, 3.63) is 126 Å². The Balaban J connectivity index is 1.31. The second-order valence-electron chi connectivity index (χ2n) is 8.77. The maximum atomic E-state index is 12.5. The number of thioether (sulfide) groups is 1. The van der Waals surface area contributed by atoms with Crippen molar-refractivity contribution in [1.29, 1.82) is 0 Å². The summed E-state index contributed by atoms with van der Waals surface area (Å²) in [6.45, 7) is 0.00798. The van der Waals surface area contributed by atoms with Crippen LogP contribution in [0.15, 0.2) is 108 Å². The zero-order valence-corrected chi connectivity index (χ0v) is 21.0. The van der Waals surface area contributed by atoms with Gasteiger partial charge in [-0.1, -0.05) is 60.7 Å². The third-order valence-corrected chi connectivity index (χ3v) is 7.22. The number of ether oxygens (including phenoxy) is 2. The Labute approximate surface area is 220 Å². The molecule has 4 aromatic rings. The number of carbonyl (C=O) groups excluding carboxylic acids is 1. The number of nitrogens with one attached hydrogen (secondary N) is 1. The Kier molecular flexibility index (Phi) is 8.28. The van der Waals surface area contributed by atoms with Gasteiger partial charge in [-0.3, -0.25) is 4.79 Å². The first-order valence-electron chi connectivity index (χ1n) is 12.2. The first-order valence-corrected chi connectivity index (χ1v) is 13.2. The van der Waals surface area contributed by atoms with Crippen LogP contribution in [0.2, 0.25) is 0 Å². The fraction of sp³-hybridized carbons (Fsp3) is 0.200. The maximum absolute atomic E-state index is 12.5. The number of anilines is 1. The highest BCUT2D eigenvalue weighted by atomic mass is 32.2. The van der Waals surface area contributed by atoms with E-state index in [2.05, 4.69) is 10.3 Å². The van der Waals surface area contributed by atoms with E-state index in [4.69, 9.17) is 9.47 Å². The molecule has 1 aromatic heterocycles. The fourth-order valence-electron chi connectivity index (χ4n) is 4.15. The van der Waals surface area contributed by atoms with Crippen LogP contribution in [0.1, 0.15) is 45.9 Å². The molecule has 0 bridgehead atoms. The molecule has 0 unspecified atom stereocenters. The fourth-order valence-corrected chi connectivity index (χ4v) is 5.03. The quantitative estimate of drug-likeness (QED) is 0.275. The normalized spacial score (nSPS) is 19.3.